The highest BCUT2D eigenvalue weighted by molar-refractivity contribution is 5.35. The van der Waals surface area contributed by atoms with Gasteiger partial charge in [-0.1, -0.05) is 54.6 Å². The molecule has 2 aromatic rings. The minimum atomic E-state index is -0.482. The summed E-state index contributed by atoms with van der Waals surface area (Å²) in [7, 11) is 0. The molecular weight excluding hydrogens is 352 g/mol. The van der Waals surface area contributed by atoms with Gasteiger partial charge < -0.3 is 24.7 Å². The van der Waals surface area contributed by atoms with Gasteiger partial charge in [0.2, 0.25) is 0 Å². The molecule has 28 heavy (non-hydrogen) atoms. The lowest BCUT2D eigenvalue weighted by Gasteiger charge is -2.30. The van der Waals surface area contributed by atoms with E-state index in [0.29, 0.717) is 13.2 Å². The van der Waals surface area contributed by atoms with Crippen LogP contribution in [0, 0.1) is 6.92 Å². The molecule has 2 atom stereocenters. The van der Waals surface area contributed by atoms with Gasteiger partial charge in [-0.15, -0.1) is 0 Å². The summed E-state index contributed by atoms with van der Waals surface area (Å²) >= 11 is 0. The van der Waals surface area contributed by atoms with Gasteiger partial charge in [0.05, 0.1) is 13.2 Å². The average molecular weight is 387 g/mol. The molecule has 152 valence electrons. The molecule has 2 aromatic carbocycles. The Morgan fingerprint density at radius 2 is 1.57 bits per heavy atom. The molecule has 5 nitrogen and oxygen atoms in total. The molecule has 0 aliphatic carbocycles. The van der Waals surface area contributed by atoms with E-state index in [-0.39, 0.29) is 12.7 Å². The van der Waals surface area contributed by atoms with E-state index in [1.165, 1.54) is 15.4 Å². The van der Waals surface area contributed by atoms with Crippen LogP contribution in [0.5, 0.6) is 0 Å². The molecule has 0 amide bonds. The fraction of sp³-hybridized carbons (Fsp3) is 0.478. The summed E-state index contributed by atoms with van der Waals surface area (Å²) in [5.74, 6) is 0. The van der Waals surface area contributed by atoms with Crippen molar-refractivity contribution in [3.8, 4) is 0 Å². The van der Waals surface area contributed by atoms with E-state index in [0.717, 1.165) is 43.9 Å². The van der Waals surface area contributed by atoms with Crippen molar-refractivity contribution in [2.45, 2.75) is 19.1 Å². The molecule has 5 heteroatoms. The maximum atomic E-state index is 10.6. The third kappa shape index (κ3) is 5.87. The van der Waals surface area contributed by atoms with Gasteiger partial charge in [0, 0.05) is 0 Å². The van der Waals surface area contributed by atoms with Crippen LogP contribution in [0.2, 0.25) is 0 Å². The highest BCUT2D eigenvalue weighted by atomic mass is 16.5. The minimum absolute atomic E-state index is 0.169. The fourth-order valence-corrected chi connectivity index (χ4v) is 4.04. The average Bonchev–Trinajstić information content (AvgIpc) is 2.72. The lowest BCUT2D eigenvalue weighted by atomic mass is 9.97. The van der Waals surface area contributed by atoms with Gasteiger partial charge in [-0.25, -0.2) is 0 Å². The van der Waals surface area contributed by atoms with E-state index in [9.17, 15) is 5.11 Å². The molecule has 4 N–H and O–H groups in total. The second kappa shape index (κ2) is 10.7. The van der Waals surface area contributed by atoms with Crippen molar-refractivity contribution in [3.63, 3.8) is 0 Å². The van der Waals surface area contributed by atoms with Crippen LogP contribution < -0.4 is 9.80 Å². The molecular formula is C23H34N2O3+2. The summed E-state index contributed by atoms with van der Waals surface area (Å²) in [5.41, 5.74) is 3.45. The first-order valence-corrected chi connectivity index (χ1v) is 10.4. The smallest absolute Gasteiger partial charge is 0.127 e. The second-order valence-electron chi connectivity index (χ2n) is 7.81. The Labute approximate surface area is 168 Å². The Hall–Kier alpha value is -1.76. The predicted octanol–water partition coefficient (Wildman–Crippen LogP) is -0.762. The minimum Gasteiger partial charge on any atom is -0.391 e. The van der Waals surface area contributed by atoms with E-state index < -0.39 is 6.10 Å². The standard InChI is InChI=1S/C23H32N2O3/c1-19-7-5-6-10-22(19)23(20-8-3-2-4-9-20)28-18-21(27)17-25-13-11-24(12-14-25)15-16-26/h2-10,21,23,26-27H,11-18H2,1H3/p+2/t21-,23-/m1/s1. The number of aryl methyl sites for hydroxylation is 1. The number of aliphatic hydroxyl groups excluding tert-OH is 2. The number of nitrogens with one attached hydrogen (secondary N) is 2. The summed E-state index contributed by atoms with van der Waals surface area (Å²) < 4.78 is 6.26. The lowest BCUT2D eigenvalue weighted by molar-refractivity contribution is -1.01. The molecule has 0 unspecified atom stereocenters. The highest BCUT2D eigenvalue weighted by Gasteiger charge is 2.25. The van der Waals surface area contributed by atoms with E-state index in [2.05, 4.69) is 31.2 Å². The van der Waals surface area contributed by atoms with Crippen LogP contribution >= 0.6 is 0 Å². The summed E-state index contributed by atoms with van der Waals surface area (Å²) in [5, 5.41) is 19.7. The maximum absolute atomic E-state index is 10.6. The number of rotatable bonds is 9. The third-order valence-corrected chi connectivity index (χ3v) is 5.68. The van der Waals surface area contributed by atoms with Gasteiger partial charge in [-0.05, 0) is 23.6 Å². The summed E-state index contributed by atoms with van der Waals surface area (Å²) in [6.07, 6.45) is -0.650. The second-order valence-corrected chi connectivity index (χ2v) is 7.81. The van der Waals surface area contributed by atoms with E-state index in [4.69, 9.17) is 9.84 Å². The van der Waals surface area contributed by atoms with Gasteiger partial charge in [0.1, 0.15) is 51.5 Å². The van der Waals surface area contributed by atoms with Crippen molar-refractivity contribution in [2.75, 3.05) is 52.5 Å². The van der Waals surface area contributed by atoms with Crippen molar-refractivity contribution in [1.82, 2.24) is 0 Å². The third-order valence-electron chi connectivity index (χ3n) is 5.68. The van der Waals surface area contributed by atoms with Crippen molar-refractivity contribution in [2.24, 2.45) is 0 Å². The van der Waals surface area contributed by atoms with Crippen LogP contribution in [0.3, 0.4) is 0 Å². The van der Waals surface area contributed by atoms with E-state index >= 15 is 0 Å². The largest absolute Gasteiger partial charge is 0.391 e. The van der Waals surface area contributed by atoms with E-state index in [1.54, 1.807) is 0 Å². The first kappa shape index (κ1) is 21.0. The molecule has 0 spiro atoms. The van der Waals surface area contributed by atoms with Crippen molar-refractivity contribution in [1.29, 1.82) is 0 Å². The number of quaternary nitrogens is 2. The van der Waals surface area contributed by atoms with Crippen LogP contribution in [-0.4, -0.2) is 68.8 Å². The molecule has 0 saturated carbocycles. The summed E-state index contributed by atoms with van der Waals surface area (Å²) in [6.45, 7) is 8.39. The SMILES string of the molecule is Cc1ccccc1[C@H](OC[C@H](O)C[NH+]1CC[NH+](CCO)CC1)c1ccccc1. The number of aliphatic hydroxyl groups is 2. The predicted molar refractivity (Wildman–Crippen MR) is 110 cm³/mol. The van der Waals surface area contributed by atoms with Crippen LogP contribution in [0.15, 0.2) is 54.6 Å². The van der Waals surface area contributed by atoms with E-state index in [1.807, 2.05) is 30.3 Å². The van der Waals surface area contributed by atoms with Crippen LogP contribution in [-0.2, 0) is 4.74 Å². The Morgan fingerprint density at radius 1 is 0.929 bits per heavy atom. The molecule has 0 bridgehead atoms. The Morgan fingerprint density at radius 3 is 2.25 bits per heavy atom. The quantitative estimate of drug-likeness (QED) is 0.458. The number of hydrogen-bond donors (Lipinski definition) is 4. The van der Waals surface area contributed by atoms with Crippen molar-refractivity contribution < 1.29 is 24.7 Å². The molecule has 0 aromatic heterocycles. The first-order valence-electron chi connectivity index (χ1n) is 10.4. The van der Waals surface area contributed by atoms with Gasteiger partial charge in [-0.2, -0.15) is 0 Å². The molecule has 0 radical (unpaired) electrons. The van der Waals surface area contributed by atoms with Gasteiger partial charge in [0.15, 0.2) is 0 Å². The number of benzene rings is 2. The fourth-order valence-electron chi connectivity index (χ4n) is 4.04. The molecule has 1 aliphatic heterocycles. The zero-order valence-corrected chi connectivity index (χ0v) is 16.8. The highest BCUT2D eigenvalue weighted by Crippen LogP contribution is 2.28. The molecule has 1 heterocycles. The Kier molecular flexibility index (Phi) is 8.01. The Balaban J connectivity index is 1.57. The van der Waals surface area contributed by atoms with Crippen LogP contribution in [0.25, 0.3) is 0 Å². The van der Waals surface area contributed by atoms with Crippen molar-refractivity contribution >= 4 is 0 Å². The van der Waals surface area contributed by atoms with Gasteiger partial charge >= 0.3 is 0 Å². The molecule has 1 fully saturated rings. The molecule has 1 aliphatic rings. The zero-order valence-electron chi connectivity index (χ0n) is 16.8. The first-order chi connectivity index (χ1) is 13.7. The summed E-state index contributed by atoms with van der Waals surface area (Å²) in [6, 6.07) is 18.5. The number of piperazine rings is 1. The van der Waals surface area contributed by atoms with Crippen LogP contribution in [0.1, 0.15) is 22.8 Å². The number of hydrogen-bond acceptors (Lipinski definition) is 3. The Bertz CT molecular complexity index is 702. The van der Waals surface area contributed by atoms with Gasteiger partial charge in [-0.3, -0.25) is 0 Å². The molecule has 3 rings (SSSR count). The van der Waals surface area contributed by atoms with Gasteiger partial charge in [0.25, 0.3) is 0 Å². The van der Waals surface area contributed by atoms with Crippen molar-refractivity contribution in [3.05, 3.63) is 71.3 Å². The maximum Gasteiger partial charge on any atom is 0.127 e. The monoisotopic (exact) mass is 386 g/mol. The topological polar surface area (TPSA) is 58.6 Å². The summed E-state index contributed by atoms with van der Waals surface area (Å²) in [4.78, 5) is 2.88. The molecule has 1 saturated heterocycles. The number of ether oxygens (including phenoxy) is 1. The normalized spacial score (nSPS) is 22.0. The zero-order chi connectivity index (χ0) is 19.8. The lowest BCUT2D eigenvalue weighted by Crippen LogP contribution is -3.28. The van der Waals surface area contributed by atoms with Crippen LogP contribution in [0.4, 0.5) is 0 Å².